The maximum atomic E-state index is 13.5. The van der Waals surface area contributed by atoms with Crippen LogP contribution in [0.25, 0.3) is 0 Å². The summed E-state index contributed by atoms with van der Waals surface area (Å²) >= 11 is 0. The molecule has 0 aliphatic heterocycles. The van der Waals surface area contributed by atoms with E-state index in [9.17, 15) is 19.2 Å². The number of hydrogen-bond donors (Lipinski definition) is 4. The van der Waals surface area contributed by atoms with Gasteiger partial charge >= 0.3 is 24.0 Å². The molecule has 0 bridgehead atoms. The molecule has 5 aliphatic carbocycles. The van der Waals surface area contributed by atoms with Crippen molar-refractivity contribution in [2.75, 3.05) is 6.61 Å². The average molecular weight is 827 g/mol. The maximum Gasteiger partial charge on any atom is 0.372 e. The molecule has 5 aliphatic rings. The molecule has 60 heavy (non-hydrogen) atoms. The number of primary amides is 2. The number of amides is 4. The van der Waals surface area contributed by atoms with Crippen LogP contribution in [0.3, 0.4) is 0 Å². The first kappa shape index (κ1) is 43.6. The number of nitrogens with zero attached hydrogens (tertiary/aromatic N) is 2. The Hall–Kier alpha value is -4.48. The number of fused-ring (bicyclic) bond motifs is 7. The van der Waals surface area contributed by atoms with Crippen molar-refractivity contribution < 1.29 is 37.8 Å². The van der Waals surface area contributed by atoms with Crippen molar-refractivity contribution in [2.45, 2.75) is 138 Å². The van der Waals surface area contributed by atoms with E-state index >= 15 is 0 Å². The summed E-state index contributed by atoms with van der Waals surface area (Å²) in [6.07, 6.45) is 18.1. The van der Waals surface area contributed by atoms with Crippen LogP contribution in [0.1, 0.15) is 117 Å². The molecule has 5 fully saturated rings. The fraction of sp³-hybridized carbons (Fsp3) is 0.667. The van der Waals surface area contributed by atoms with Gasteiger partial charge < -0.3 is 31.6 Å². The highest BCUT2D eigenvalue weighted by Crippen LogP contribution is 2.77. The molecule has 326 valence electrons. The standard InChI is InChI=1S/C48H68N6O6/c1-31(2)34-14-19-48(30-59-39(55)28-53-22-8-10-32(26-53)24-51-42(49)57)21-20-46(6)35(41(34)48)12-13-37-45(5)17-16-38(44(3,4)36(45)15-18-47(37,46)7)60-40(56)29-54-23-9-11-33(27-54)25-52-43(50)58/h8-11,22-23,26-27,34-38,41H,1,12-21,24-25,28-30H2,2-7H3,(H4-2,49,50,51,52,57,58)/p+2/t34?,35?,36?,37?,38-,41?,45-,46+,47+,48?/m0/s1. The zero-order valence-corrected chi connectivity index (χ0v) is 36.9. The summed E-state index contributed by atoms with van der Waals surface area (Å²) in [6.45, 7) is 20.5. The summed E-state index contributed by atoms with van der Waals surface area (Å²) in [4.78, 5) is 49.4. The van der Waals surface area contributed by atoms with Crippen molar-refractivity contribution in [3.05, 3.63) is 72.3 Å². The average Bonchev–Trinajstić information content (AvgIpc) is 3.57. The quantitative estimate of drug-likeness (QED) is 0.110. The first-order chi connectivity index (χ1) is 28.3. The van der Waals surface area contributed by atoms with E-state index in [0.29, 0.717) is 49.3 Å². The minimum Gasteiger partial charge on any atom is -0.460 e. The Kier molecular flexibility index (Phi) is 11.9. The van der Waals surface area contributed by atoms with Crippen molar-refractivity contribution in [3.8, 4) is 0 Å². The van der Waals surface area contributed by atoms with E-state index in [-0.39, 0.29) is 58.2 Å². The minimum absolute atomic E-state index is 0.0599. The van der Waals surface area contributed by atoms with Gasteiger partial charge in [-0.2, -0.15) is 9.13 Å². The van der Waals surface area contributed by atoms with Gasteiger partial charge in [-0.25, -0.2) is 19.2 Å². The van der Waals surface area contributed by atoms with E-state index in [1.807, 2.05) is 58.2 Å². The van der Waals surface area contributed by atoms with Crippen LogP contribution >= 0.6 is 0 Å². The topological polar surface area (TPSA) is 171 Å². The van der Waals surface area contributed by atoms with Crippen molar-refractivity contribution >= 4 is 24.0 Å². The molecule has 0 saturated heterocycles. The summed E-state index contributed by atoms with van der Waals surface area (Å²) in [6, 6.07) is 6.33. The SMILES string of the molecule is C=C(C)C1CCC2(COC(=O)C[n+]3cccc(CNC(N)=O)c3)CC[C@]3(C)C(CCC4[C@@]5(C)CC[C@H](OC(=O)C[n+]6cccc(CNC(N)=O)c6)C(C)(C)C5CC[C@]43C)C12. The molecule has 6 N–H and O–H groups in total. The second-order valence-electron chi connectivity index (χ2n) is 20.8. The number of pyridine rings is 2. The maximum absolute atomic E-state index is 13.5. The largest absolute Gasteiger partial charge is 0.460 e. The molecule has 6 unspecified atom stereocenters. The van der Waals surface area contributed by atoms with E-state index < -0.39 is 12.1 Å². The van der Waals surface area contributed by atoms with Crippen LogP contribution in [0.5, 0.6) is 0 Å². The summed E-state index contributed by atoms with van der Waals surface area (Å²) < 4.78 is 16.3. The molecule has 12 nitrogen and oxygen atoms in total. The molecule has 2 aromatic rings. The molecule has 7 rings (SSSR count). The smallest absolute Gasteiger partial charge is 0.372 e. The molecule has 4 amide bonds. The monoisotopic (exact) mass is 827 g/mol. The number of ether oxygens (including phenoxy) is 2. The number of hydrogen-bond acceptors (Lipinski definition) is 6. The Morgan fingerprint density at radius 1 is 0.750 bits per heavy atom. The summed E-state index contributed by atoms with van der Waals surface area (Å²) in [5, 5.41) is 5.22. The minimum atomic E-state index is -0.586. The molecule has 2 heterocycles. The van der Waals surface area contributed by atoms with Crippen molar-refractivity contribution in [3.63, 3.8) is 0 Å². The van der Waals surface area contributed by atoms with E-state index in [4.69, 9.17) is 20.9 Å². The fourth-order valence-corrected chi connectivity index (χ4v) is 14.4. The lowest BCUT2D eigenvalue weighted by molar-refractivity contribution is -0.686. The van der Waals surface area contributed by atoms with Crippen LogP contribution in [-0.4, -0.2) is 36.7 Å². The predicted octanol–water partition coefficient (Wildman–Crippen LogP) is 6.41. The molecule has 5 saturated carbocycles. The summed E-state index contributed by atoms with van der Waals surface area (Å²) in [5.41, 5.74) is 13.7. The first-order valence-corrected chi connectivity index (χ1v) is 22.3. The zero-order chi connectivity index (χ0) is 43.3. The number of urea groups is 2. The van der Waals surface area contributed by atoms with Crippen molar-refractivity contribution in [2.24, 2.45) is 68.1 Å². The summed E-state index contributed by atoms with van der Waals surface area (Å²) in [5.74, 6) is 1.87. The number of allylic oxidation sites excluding steroid dienone is 1. The molecule has 0 spiro atoms. The molecule has 12 heteroatoms. The number of nitrogens with one attached hydrogen (secondary N) is 2. The zero-order valence-electron chi connectivity index (χ0n) is 36.9. The molecular weight excluding hydrogens is 757 g/mol. The molecular formula is C48H70N6O6+2. The van der Waals surface area contributed by atoms with Crippen LogP contribution in [0.4, 0.5) is 9.59 Å². The van der Waals surface area contributed by atoms with Crippen molar-refractivity contribution in [1.29, 1.82) is 0 Å². The third kappa shape index (κ3) is 7.92. The third-order valence-corrected chi connectivity index (χ3v) is 17.4. The van der Waals surface area contributed by atoms with Gasteiger partial charge in [-0.15, -0.1) is 0 Å². The fourth-order valence-electron chi connectivity index (χ4n) is 14.4. The van der Waals surface area contributed by atoms with Gasteiger partial charge in [-0.3, -0.25) is 0 Å². The number of esters is 2. The number of nitrogens with two attached hydrogens (primary N) is 2. The Morgan fingerprint density at radius 2 is 1.37 bits per heavy atom. The highest BCUT2D eigenvalue weighted by molar-refractivity contribution is 5.72. The second-order valence-corrected chi connectivity index (χ2v) is 20.8. The van der Waals surface area contributed by atoms with Gasteiger partial charge in [0, 0.05) is 34.1 Å². The van der Waals surface area contributed by atoms with Gasteiger partial charge in [0.25, 0.3) is 0 Å². The van der Waals surface area contributed by atoms with Gasteiger partial charge in [0.1, 0.15) is 6.10 Å². The number of carbonyl (C=O) groups is 4. The number of aromatic nitrogens is 2. The second kappa shape index (κ2) is 16.4. The van der Waals surface area contributed by atoms with Crippen LogP contribution in [-0.2, 0) is 45.2 Å². The first-order valence-electron chi connectivity index (χ1n) is 22.3. The van der Waals surface area contributed by atoms with Gasteiger partial charge in [0.2, 0.25) is 13.1 Å². The molecule has 0 aromatic carbocycles. The van der Waals surface area contributed by atoms with Crippen molar-refractivity contribution in [1.82, 2.24) is 10.6 Å². The van der Waals surface area contributed by atoms with Gasteiger partial charge in [-0.05, 0) is 129 Å². The van der Waals surface area contributed by atoms with E-state index in [0.717, 1.165) is 62.5 Å². The van der Waals surface area contributed by atoms with E-state index in [1.165, 1.54) is 18.4 Å². The summed E-state index contributed by atoms with van der Waals surface area (Å²) in [7, 11) is 0. The van der Waals surface area contributed by atoms with E-state index in [2.05, 4.69) is 58.8 Å². The van der Waals surface area contributed by atoms with Crippen LogP contribution in [0.2, 0.25) is 0 Å². The number of carbonyl (C=O) groups excluding carboxylic acids is 4. The normalized spacial score (nSPS) is 35.0. The van der Waals surface area contributed by atoms with Gasteiger partial charge in [0.15, 0.2) is 24.8 Å². The Morgan fingerprint density at radius 3 is 1.97 bits per heavy atom. The lowest BCUT2D eigenvalue weighted by atomic mass is 9.32. The van der Waals surface area contributed by atoms with Gasteiger partial charge in [0.05, 0.1) is 19.7 Å². The highest BCUT2D eigenvalue weighted by Gasteiger charge is 2.71. The third-order valence-electron chi connectivity index (χ3n) is 17.4. The van der Waals surface area contributed by atoms with Crippen LogP contribution in [0.15, 0.2) is 61.2 Å². The van der Waals surface area contributed by atoms with Crippen LogP contribution in [0, 0.1) is 56.7 Å². The molecule has 2 aromatic heterocycles. The Labute approximate surface area is 356 Å². The lowest BCUT2D eigenvalue weighted by Gasteiger charge is -2.73. The van der Waals surface area contributed by atoms with Crippen LogP contribution < -0.4 is 31.2 Å². The number of rotatable bonds is 12. The highest BCUT2D eigenvalue weighted by atomic mass is 16.5. The predicted molar refractivity (Wildman–Crippen MR) is 226 cm³/mol. The lowest BCUT2D eigenvalue weighted by Crippen LogP contribution is -2.67. The Balaban J connectivity index is 1.04. The van der Waals surface area contributed by atoms with Gasteiger partial charge in [-0.1, -0.05) is 46.8 Å². The van der Waals surface area contributed by atoms with E-state index in [1.54, 1.807) is 0 Å². The Bertz CT molecular complexity index is 2000. The molecule has 10 atom stereocenters. The molecule has 0 radical (unpaired) electrons.